The fourth-order valence-corrected chi connectivity index (χ4v) is 2.87. The second-order valence-corrected chi connectivity index (χ2v) is 6.25. The number of para-hydroxylation sites is 1. The highest BCUT2D eigenvalue weighted by molar-refractivity contribution is 5.89. The van der Waals surface area contributed by atoms with E-state index in [0.717, 1.165) is 5.69 Å². The molecule has 1 aromatic carbocycles. The van der Waals surface area contributed by atoms with E-state index in [1.807, 2.05) is 49.4 Å². The Bertz CT molecular complexity index is 581. The van der Waals surface area contributed by atoms with Crippen LogP contribution in [0, 0.1) is 5.92 Å². The van der Waals surface area contributed by atoms with Gasteiger partial charge in [0.15, 0.2) is 0 Å². The van der Waals surface area contributed by atoms with Crippen molar-refractivity contribution >= 4 is 17.6 Å². The van der Waals surface area contributed by atoms with Crippen LogP contribution in [-0.2, 0) is 4.79 Å². The molecule has 1 aliphatic rings. The summed E-state index contributed by atoms with van der Waals surface area (Å²) in [7, 11) is 0. The van der Waals surface area contributed by atoms with E-state index in [9.17, 15) is 14.7 Å². The molecule has 0 aliphatic carbocycles. The van der Waals surface area contributed by atoms with Crippen molar-refractivity contribution in [1.82, 2.24) is 10.2 Å². The molecule has 3 amide bonds. The molecule has 1 heterocycles. The van der Waals surface area contributed by atoms with Gasteiger partial charge in [0.25, 0.3) is 0 Å². The number of piperidine rings is 1. The van der Waals surface area contributed by atoms with Crippen LogP contribution in [-0.4, -0.2) is 47.7 Å². The summed E-state index contributed by atoms with van der Waals surface area (Å²) >= 11 is 0. The van der Waals surface area contributed by atoms with Gasteiger partial charge in [0, 0.05) is 24.7 Å². The van der Waals surface area contributed by atoms with Crippen LogP contribution in [0.5, 0.6) is 0 Å². The fraction of sp³-hybridized carbons (Fsp3) is 0.474. The van der Waals surface area contributed by atoms with Crippen molar-refractivity contribution < 1.29 is 14.7 Å². The minimum absolute atomic E-state index is 0.0355. The summed E-state index contributed by atoms with van der Waals surface area (Å²) in [5, 5.41) is 15.1. The van der Waals surface area contributed by atoms with E-state index >= 15 is 0 Å². The summed E-state index contributed by atoms with van der Waals surface area (Å²) in [6, 6.07) is 8.95. The number of allylic oxidation sites excluding steroid dienone is 1. The first-order valence-electron chi connectivity index (χ1n) is 8.77. The highest BCUT2D eigenvalue weighted by atomic mass is 16.3. The standard InChI is InChI=1S/C19H27N3O3/c1-2-3-7-17(14-23)20-18(24)15-10-12-22(13-11-15)19(25)21-16-8-5-4-6-9-16/h2-6,8-9,15,17,23H,7,10-14H2,1H3,(H,20,24)(H,21,25). The van der Waals surface area contributed by atoms with Gasteiger partial charge in [0.05, 0.1) is 12.6 Å². The van der Waals surface area contributed by atoms with Crippen molar-refractivity contribution in [3.05, 3.63) is 42.5 Å². The predicted molar refractivity (Wildman–Crippen MR) is 98.2 cm³/mol. The first kappa shape index (κ1) is 19.0. The van der Waals surface area contributed by atoms with Crippen LogP contribution in [0.4, 0.5) is 10.5 Å². The number of amides is 3. The highest BCUT2D eigenvalue weighted by Crippen LogP contribution is 2.19. The van der Waals surface area contributed by atoms with Crippen molar-refractivity contribution in [2.45, 2.75) is 32.2 Å². The summed E-state index contributed by atoms with van der Waals surface area (Å²) in [5.74, 6) is -0.146. The molecule has 6 heteroatoms. The van der Waals surface area contributed by atoms with Crippen molar-refractivity contribution in [1.29, 1.82) is 0 Å². The third-order valence-corrected chi connectivity index (χ3v) is 4.40. The number of hydrogen-bond donors (Lipinski definition) is 3. The van der Waals surface area contributed by atoms with Gasteiger partial charge in [-0.15, -0.1) is 0 Å². The molecule has 136 valence electrons. The van der Waals surface area contributed by atoms with E-state index in [4.69, 9.17) is 0 Å². The predicted octanol–water partition coefficient (Wildman–Crippen LogP) is 2.37. The Morgan fingerprint density at radius 2 is 1.96 bits per heavy atom. The number of urea groups is 1. The van der Waals surface area contributed by atoms with Crippen LogP contribution < -0.4 is 10.6 Å². The third-order valence-electron chi connectivity index (χ3n) is 4.40. The number of likely N-dealkylation sites (tertiary alicyclic amines) is 1. The van der Waals surface area contributed by atoms with Crippen LogP contribution in [0.25, 0.3) is 0 Å². The summed E-state index contributed by atoms with van der Waals surface area (Å²) in [6.45, 7) is 2.94. The monoisotopic (exact) mass is 345 g/mol. The fourth-order valence-electron chi connectivity index (χ4n) is 2.87. The van der Waals surface area contributed by atoms with Gasteiger partial charge in [-0.2, -0.15) is 0 Å². The van der Waals surface area contributed by atoms with Gasteiger partial charge in [-0.25, -0.2) is 4.79 Å². The minimum Gasteiger partial charge on any atom is -0.394 e. The summed E-state index contributed by atoms with van der Waals surface area (Å²) < 4.78 is 0. The van der Waals surface area contributed by atoms with E-state index in [0.29, 0.717) is 32.4 Å². The molecule has 0 spiro atoms. The lowest BCUT2D eigenvalue weighted by Gasteiger charge is -2.32. The Morgan fingerprint density at radius 1 is 1.28 bits per heavy atom. The smallest absolute Gasteiger partial charge is 0.321 e. The molecule has 1 unspecified atom stereocenters. The first-order chi connectivity index (χ1) is 12.1. The van der Waals surface area contributed by atoms with Gasteiger partial charge in [-0.1, -0.05) is 30.4 Å². The van der Waals surface area contributed by atoms with Crippen molar-refractivity contribution in [2.24, 2.45) is 5.92 Å². The van der Waals surface area contributed by atoms with Crippen LogP contribution in [0.3, 0.4) is 0 Å². The van der Waals surface area contributed by atoms with Crippen LogP contribution in [0.2, 0.25) is 0 Å². The SMILES string of the molecule is CC=CCC(CO)NC(=O)C1CCN(C(=O)Nc2ccccc2)CC1. The Labute approximate surface area is 148 Å². The zero-order valence-corrected chi connectivity index (χ0v) is 14.6. The highest BCUT2D eigenvalue weighted by Gasteiger charge is 2.28. The molecule has 25 heavy (non-hydrogen) atoms. The number of nitrogens with zero attached hydrogens (tertiary/aromatic N) is 1. The first-order valence-corrected chi connectivity index (χ1v) is 8.77. The molecule has 1 fully saturated rings. The molecule has 1 aliphatic heterocycles. The lowest BCUT2D eigenvalue weighted by molar-refractivity contribution is -0.127. The lowest BCUT2D eigenvalue weighted by atomic mass is 9.95. The Balaban J connectivity index is 1.78. The molecule has 1 saturated heterocycles. The molecule has 0 bridgehead atoms. The topological polar surface area (TPSA) is 81.7 Å². The van der Waals surface area contributed by atoms with E-state index in [2.05, 4.69) is 10.6 Å². The quantitative estimate of drug-likeness (QED) is 0.692. The molecule has 0 radical (unpaired) electrons. The number of rotatable bonds is 6. The normalized spacial score (nSPS) is 16.6. The number of aliphatic hydroxyl groups is 1. The molecule has 1 atom stereocenters. The van der Waals surface area contributed by atoms with Crippen molar-refractivity contribution in [3.8, 4) is 0 Å². The van der Waals surface area contributed by atoms with Gasteiger partial charge in [-0.05, 0) is 38.3 Å². The molecular formula is C19H27N3O3. The van der Waals surface area contributed by atoms with Gasteiger partial charge in [0.2, 0.25) is 5.91 Å². The molecular weight excluding hydrogens is 318 g/mol. The number of benzene rings is 1. The maximum atomic E-state index is 12.3. The minimum atomic E-state index is -0.247. The van der Waals surface area contributed by atoms with E-state index in [1.165, 1.54) is 0 Å². The zero-order chi connectivity index (χ0) is 18.1. The second-order valence-electron chi connectivity index (χ2n) is 6.25. The number of anilines is 1. The average molecular weight is 345 g/mol. The molecule has 6 nitrogen and oxygen atoms in total. The number of carbonyl (C=O) groups excluding carboxylic acids is 2. The molecule has 2 rings (SSSR count). The Hall–Kier alpha value is -2.34. The Morgan fingerprint density at radius 3 is 2.56 bits per heavy atom. The summed E-state index contributed by atoms with van der Waals surface area (Å²) in [5.41, 5.74) is 0.766. The van der Waals surface area contributed by atoms with Gasteiger partial charge in [-0.3, -0.25) is 4.79 Å². The molecule has 0 saturated carbocycles. The van der Waals surface area contributed by atoms with Gasteiger partial charge < -0.3 is 20.6 Å². The maximum absolute atomic E-state index is 12.3. The van der Waals surface area contributed by atoms with E-state index in [1.54, 1.807) is 4.90 Å². The Kier molecular flexibility index (Phi) is 7.47. The van der Waals surface area contributed by atoms with Crippen molar-refractivity contribution in [2.75, 3.05) is 25.0 Å². The molecule has 1 aromatic rings. The van der Waals surface area contributed by atoms with Crippen LogP contribution in [0.15, 0.2) is 42.5 Å². The van der Waals surface area contributed by atoms with E-state index < -0.39 is 0 Å². The second kappa shape index (κ2) is 9.84. The zero-order valence-electron chi connectivity index (χ0n) is 14.6. The third kappa shape index (κ3) is 5.90. The summed E-state index contributed by atoms with van der Waals surface area (Å²) in [4.78, 5) is 26.3. The largest absolute Gasteiger partial charge is 0.394 e. The number of hydrogen-bond acceptors (Lipinski definition) is 3. The van der Waals surface area contributed by atoms with Crippen LogP contribution in [0.1, 0.15) is 26.2 Å². The number of aliphatic hydroxyl groups excluding tert-OH is 1. The van der Waals surface area contributed by atoms with Crippen molar-refractivity contribution in [3.63, 3.8) is 0 Å². The molecule has 3 N–H and O–H groups in total. The van der Waals surface area contributed by atoms with Gasteiger partial charge in [0.1, 0.15) is 0 Å². The average Bonchev–Trinajstić information content (AvgIpc) is 2.65. The summed E-state index contributed by atoms with van der Waals surface area (Å²) in [6.07, 6.45) is 5.72. The lowest BCUT2D eigenvalue weighted by Crippen LogP contribution is -2.47. The van der Waals surface area contributed by atoms with Crippen LogP contribution >= 0.6 is 0 Å². The van der Waals surface area contributed by atoms with E-state index in [-0.39, 0.29) is 30.5 Å². The maximum Gasteiger partial charge on any atom is 0.321 e. The van der Waals surface area contributed by atoms with Gasteiger partial charge >= 0.3 is 6.03 Å². The number of nitrogens with one attached hydrogen (secondary N) is 2. The number of carbonyl (C=O) groups is 2. The molecule has 0 aromatic heterocycles.